The Balaban J connectivity index is 1.55. The van der Waals surface area contributed by atoms with Crippen molar-refractivity contribution in [2.24, 2.45) is 0 Å². The first kappa shape index (κ1) is 20.4. The van der Waals surface area contributed by atoms with Crippen LogP contribution >= 0.6 is 11.6 Å². The van der Waals surface area contributed by atoms with Crippen molar-refractivity contribution in [3.05, 3.63) is 61.5 Å². The summed E-state index contributed by atoms with van der Waals surface area (Å²) in [5, 5.41) is 0.0870. The normalized spacial score (nSPS) is 13.4. The molecule has 9 heteroatoms. The highest BCUT2D eigenvalue weighted by Crippen LogP contribution is 2.22. The number of carbonyl (C=O) groups is 1. The second-order valence-corrected chi connectivity index (χ2v) is 7.92. The molecular weight excluding hydrogens is 406 g/mol. The monoisotopic (exact) mass is 429 g/mol. The molecule has 0 bridgehead atoms. The number of nitrogens with one attached hydrogen (secondary N) is 1. The number of aryl methyl sites for hydroxylation is 1. The number of amides is 1. The van der Waals surface area contributed by atoms with Gasteiger partial charge >= 0.3 is 5.69 Å². The minimum absolute atomic E-state index is 0.00859. The van der Waals surface area contributed by atoms with Crippen LogP contribution in [0, 0.1) is 0 Å². The standard InChI is InChI=1S/C21H24ClN5O3/c1-2-3-6-11-26-17-16(23-20(22)24-17)19(29)27(21(26)30)12-7-10-25-13-14-8-4-5-9-15(14)18(25)28/h4-5,8-9H,2-3,6-7,10-13H2,1H3,(H,23,24). The van der Waals surface area contributed by atoms with E-state index in [0.717, 1.165) is 30.4 Å². The molecule has 0 saturated heterocycles. The summed E-state index contributed by atoms with van der Waals surface area (Å²) in [6.07, 6.45) is 3.31. The molecule has 0 radical (unpaired) electrons. The minimum atomic E-state index is -0.433. The molecule has 8 nitrogen and oxygen atoms in total. The van der Waals surface area contributed by atoms with Gasteiger partial charge in [-0.2, -0.15) is 4.98 Å². The Morgan fingerprint density at radius 3 is 2.57 bits per heavy atom. The molecule has 3 heterocycles. The first-order valence-electron chi connectivity index (χ1n) is 10.3. The Hall–Kier alpha value is -2.87. The largest absolute Gasteiger partial charge is 0.334 e. The maximum atomic E-state index is 13.0. The maximum absolute atomic E-state index is 13.0. The molecule has 2 aromatic heterocycles. The van der Waals surface area contributed by atoms with Crippen molar-refractivity contribution >= 4 is 28.7 Å². The van der Waals surface area contributed by atoms with E-state index in [0.29, 0.717) is 31.7 Å². The highest BCUT2D eigenvalue weighted by molar-refractivity contribution is 6.29. The molecule has 1 N–H and O–H groups in total. The van der Waals surface area contributed by atoms with Gasteiger partial charge in [-0.15, -0.1) is 0 Å². The summed E-state index contributed by atoms with van der Waals surface area (Å²) in [7, 11) is 0. The van der Waals surface area contributed by atoms with Crippen LogP contribution in [-0.4, -0.2) is 36.5 Å². The van der Waals surface area contributed by atoms with E-state index in [1.54, 1.807) is 4.90 Å². The number of aromatic nitrogens is 4. The Labute approximate surface area is 178 Å². The Morgan fingerprint density at radius 1 is 1.03 bits per heavy atom. The number of hydrogen-bond donors (Lipinski definition) is 1. The van der Waals surface area contributed by atoms with Crippen LogP contribution < -0.4 is 11.2 Å². The lowest BCUT2D eigenvalue weighted by molar-refractivity contribution is 0.0774. The molecule has 4 rings (SSSR count). The first-order valence-corrected chi connectivity index (χ1v) is 10.6. The zero-order valence-electron chi connectivity index (χ0n) is 16.9. The van der Waals surface area contributed by atoms with Crippen LogP contribution in [0.3, 0.4) is 0 Å². The van der Waals surface area contributed by atoms with Crippen molar-refractivity contribution in [1.29, 1.82) is 0 Å². The lowest BCUT2D eigenvalue weighted by Gasteiger charge is -2.16. The fourth-order valence-corrected chi connectivity index (χ4v) is 4.15. The van der Waals surface area contributed by atoms with Crippen LogP contribution in [0.1, 0.15) is 48.5 Å². The number of halogens is 1. The third kappa shape index (κ3) is 3.67. The van der Waals surface area contributed by atoms with E-state index in [-0.39, 0.29) is 28.9 Å². The van der Waals surface area contributed by atoms with Crippen LogP contribution in [0.2, 0.25) is 5.28 Å². The highest BCUT2D eigenvalue weighted by atomic mass is 35.5. The van der Waals surface area contributed by atoms with Gasteiger partial charge in [0.05, 0.1) is 0 Å². The smallest absolute Gasteiger partial charge is 0.332 e. The predicted molar refractivity (Wildman–Crippen MR) is 115 cm³/mol. The summed E-state index contributed by atoms with van der Waals surface area (Å²) in [5.74, 6) is -0.00859. The van der Waals surface area contributed by atoms with Gasteiger partial charge in [0.1, 0.15) is 0 Å². The molecule has 1 aliphatic rings. The number of benzene rings is 1. The van der Waals surface area contributed by atoms with E-state index < -0.39 is 5.56 Å². The molecule has 0 aliphatic carbocycles. The summed E-state index contributed by atoms with van der Waals surface area (Å²) in [6, 6.07) is 7.54. The van der Waals surface area contributed by atoms with Gasteiger partial charge in [0.25, 0.3) is 11.5 Å². The molecule has 0 spiro atoms. The van der Waals surface area contributed by atoms with E-state index in [1.807, 2.05) is 24.3 Å². The zero-order chi connectivity index (χ0) is 21.3. The number of hydrogen-bond acceptors (Lipinski definition) is 4. The predicted octanol–water partition coefficient (Wildman–Crippen LogP) is 2.78. The Kier molecular flexibility index (Phi) is 5.76. The van der Waals surface area contributed by atoms with E-state index in [4.69, 9.17) is 11.6 Å². The third-order valence-corrected chi connectivity index (χ3v) is 5.70. The first-order chi connectivity index (χ1) is 14.5. The molecule has 30 heavy (non-hydrogen) atoms. The SMILES string of the molecule is CCCCCn1c(=O)n(CCCN2Cc3ccccc3C2=O)c(=O)c2[nH]c(Cl)nc21. The molecule has 0 atom stereocenters. The van der Waals surface area contributed by atoms with Crippen LogP contribution in [0.5, 0.6) is 0 Å². The lowest BCUT2D eigenvalue weighted by Crippen LogP contribution is -2.41. The number of imidazole rings is 1. The number of carbonyl (C=O) groups excluding carboxylic acids is 1. The topological polar surface area (TPSA) is 93.0 Å². The number of aromatic amines is 1. The molecule has 0 fully saturated rings. The number of fused-ring (bicyclic) bond motifs is 2. The molecule has 158 valence electrons. The second-order valence-electron chi connectivity index (χ2n) is 7.56. The van der Waals surface area contributed by atoms with E-state index in [9.17, 15) is 14.4 Å². The fourth-order valence-electron chi connectivity index (χ4n) is 3.97. The molecule has 0 saturated carbocycles. The van der Waals surface area contributed by atoms with Gasteiger partial charge in [0, 0.05) is 31.7 Å². The van der Waals surface area contributed by atoms with Crippen molar-refractivity contribution < 1.29 is 4.79 Å². The Morgan fingerprint density at radius 2 is 1.80 bits per heavy atom. The van der Waals surface area contributed by atoms with Crippen molar-refractivity contribution in [2.75, 3.05) is 6.54 Å². The summed E-state index contributed by atoms with van der Waals surface area (Å²) in [5.41, 5.74) is 1.45. The number of unbranched alkanes of at least 4 members (excludes halogenated alkanes) is 2. The van der Waals surface area contributed by atoms with Crippen molar-refractivity contribution in [2.45, 2.75) is 52.2 Å². The van der Waals surface area contributed by atoms with Gasteiger partial charge < -0.3 is 9.88 Å². The van der Waals surface area contributed by atoms with Gasteiger partial charge in [0.2, 0.25) is 5.28 Å². The van der Waals surface area contributed by atoms with Crippen LogP contribution in [0.25, 0.3) is 11.2 Å². The maximum Gasteiger partial charge on any atom is 0.332 e. The number of rotatable bonds is 8. The van der Waals surface area contributed by atoms with Gasteiger partial charge in [-0.3, -0.25) is 18.7 Å². The third-order valence-electron chi connectivity index (χ3n) is 5.52. The fraction of sp³-hybridized carbons (Fsp3) is 0.429. The van der Waals surface area contributed by atoms with E-state index >= 15 is 0 Å². The van der Waals surface area contributed by atoms with Crippen LogP contribution in [0.4, 0.5) is 0 Å². The van der Waals surface area contributed by atoms with Crippen LogP contribution in [0.15, 0.2) is 33.9 Å². The minimum Gasteiger partial charge on any atom is -0.334 e. The Bertz CT molecular complexity index is 1210. The molecule has 0 unspecified atom stereocenters. The highest BCUT2D eigenvalue weighted by Gasteiger charge is 2.26. The molecule has 1 aliphatic heterocycles. The van der Waals surface area contributed by atoms with Gasteiger partial charge in [-0.25, -0.2) is 4.79 Å². The lowest BCUT2D eigenvalue weighted by atomic mass is 10.1. The number of nitrogens with zero attached hydrogens (tertiary/aromatic N) is 4. The summed E-state index contributed by atoms with van der Waals surface area (Å²) < 4.78 is 2.74. The average Bonchev–Trinajstić information content (AvgIpc) is 3.28. The molecule has 1 aromatic carbocycles. The van der Waals surface area contributed by atoms with Crippen LogP contribution in [-0.2, 0) is 19.6 Å². The number of H-pyrrole nitrogens is 1. The summed E-state index contributed by atoms with van der Waals surface area (Å²) >= 11 is 5.97. The van der Waals surface area contributed by atoms with Gasteiger partial charge in [-0.05, 0) is 36.1 Å². The molecular formula is C21H24ClN5O3. The van der Waals surface area contributed by atoms with Crippen molar-refractivity contribution in [1.82, 2.24) is 24.0 Å². The average molecular weight is 430 g/mol. The van der Waals surface area contributed by atoms with Gasteiger partial charge in [-0.1, -0.05) is 38.0 Å². The summed E-state index contributed by atoms with van der Waals surface area (Å²) in [6.45, 7) is 3.81. The molecule has 3 aromatic rings. The second kappa shape index (κ2) is 8.47. The van der Waals surface area contributed by atoms with E-state index in [2.05, 4.69) is 16.9 Å². The van der Waals surface area contributed by atoms with Gasteiger partial charge in [0.15, 0.2) is 11.2 Å². The van der Waals surface area contributed by atoms with Crippen molar-refractivity contribution in [3.8, 4) is 0 Å². The quantitative estimate of drug-likeness (QED) is 0.440. The zero-order valence-corrected chi connectivity index (χ0v) is 17.6. The summed E-state index contributed by atoms with van der Waals surface area (Å²) in [4.78, 5) is 47.1. The van der Waals surface area contributed by atoms with Crippen molar-refractivity contribution in [3.63, 3.8) is 0 Å². The molecule has 1 amide bonds. The van der Waals surface area contributed by atoms with E-state index in [1.165, 1.54) is 9.13 Å².